The minimum Gasteiger partial charge on any atom is -0.483 e. The van der Waals surface area contributed by atoms with Crippen LogP contribution in [0.5, 0.6) is 5.75 Å². The van der Waals surface area contributed by atoms with Crippen molar-refractivity contribution >= 4 is 21.9 Å². The first-order valence-electron chi connectivity index (χ1n) is 5.42. The Labute approximate surface area is 121 Å². The van der Waals surface area contributed by atoms with Gasteiger partial charge in [-0.1, -0.05) is 0 Å². The Balaban J connectivity index is 2.20. The lowest BCUT2D eigenvalue weighted by molar-refractivity contribution is 0.0695. The quantitative estimate of drug-likeness (QED) is 0.924. The molecule has 0 atom stereocenters. The van der Waals surface area contributed by atoms with E-state index in [1.165, 1.54) is 6.20 Å². The van der Waals surface area contributed by atoms with Crippen molar-refractivity contribution in [1.29, 1.82) is 0 Å². The van der Waals surface area contributed by atoms with Gasteiger partial charge in [-0.3, -0.25) is 4.98 Å². The molecule has 0 aliphatic rings. The van der Waals surface area contributed by atoms with Crippen LogP contribution in [0.25, 0.3) is 0 Å². The van der Waals surface area contributed by atoms with Crippen LogP contribution in [0.3, 0.4) is 0 Å². The number of rotatable bonds is 4. The summed E-state index contributed by atoms with van der Waals surface area (Å²) < 4.78 is 32.9. The van der Waals surface area contributed by atoms with Crippen LogP contribution in [0.15, 0.2) is 35.1 Å². The third-order valence-electron chi connectivity index (χ3n) is 2.39. The highest BCUT2D eigenvalue weighted by Gasteiger charge is 2.16. The van der Waals surface area contributed by atoms with E-state index < -0.39 is 28.9 Å². The summed E-state index contributed by atoms with van der Waals surface area (Å²) in [5.41, 5.74) is 0.136. The molecular formula is C13H8BrF2NO3. The van der Waals surface area contributed by atoms with Crippen molar-refractivity contribution < 1.29 is 23.4 Å². The highest BCUT2D eigenvalue weighted by Crippen LogP contribution is 2.24. The maximum atomic E-state index is 13.6. The highest BCUT2D eigenvalue weighted by molar-refractivity contribution is 9.10. The molecule has 0 fully saturated rings. The van der Waals surface area contributed by atoms with Crippen molar-refractivity contribution in [3.8, 4) is 5.75 Å². The first-order chi connectivity index (χ1) is 9.47. The van der Waals surface area contributed by atoms with Gasteiger partial charge in [-0.05, 0) is 34.1 Å². The zero-order valence-corrected chi connectivity index (χ0v) is 11.5. The summed E-state index contributed by atoms with van der Waals surface area (Å²) in [7, 11) is 0. The fourth-order valence-corrected chi connectivity index (χ4v) is 1.92. The van der Waals surface area contributed by atoms with Crippen LogP contribution in [0, 0.1) is 11.6 Å². The van der Waals surface area contributed by atoms with Crippen LogP contribution in [0.1, 0.15) is 15.9 Å². The molecule has 0 aliphatic heterocycles. The highest BCUT2D eigenvalue weighted by atomic mass is 79.9. The molecule has 2 rings (SSSR count). The van der Waals surface area contributed by atoms with Crippen LogP contribution in [0.4, 0.5) is 8.78 Å². The minimum absolute atomic E-state index is 0.0906. The number of carbonyl (C=O) groups is 1. The van der Waals surface area contributed by atoms with E-state index in [4.69, 9.17) is 9.84 Å². The van der Waals surface area contributed by atoms with Crippen molar-refractivity contribution in [1.82, 2.24) is 4.98 Å². The molecule has 4 nitrogen and oxygen atoms in total. The predicted molar refractivity (Wildman–Crippen MR) is 69.6 cm³/mol. The van der Waals surface area contributed by atoms with Gasteiger partial charge in [-0.2, -0.15) is 0 Å². The van der Waals surface area contributed by atoms with E-state index in [1.54, 1.807) is 12.3 Å². The van der Waals surface area contributed by atoms with E-state index in [2.05, 4.69) is 20.9 Å². The lowest BCUT2D eigenvalue weighted by Gasteiger charge is -2.09. The second kappa shape index (κ2) is 5.96. The van der Waals surface area contributed by atoms with E-state index >= 15 is 0 Å². The molecule has 2 aromatic rings. The molecule has 0 spiro atoms. The molecule has 1 aromatic heterocycles. The zero-order chi connectivity index (χ0) is 14.7. The van der Waals surface area contributed by atoms with Gasteiger partial charge in [0.1, 0.15) is 6.61 Å². The molecule has 1 heterocycles. The number of carboxylic acid groups (broad SMARTS) is 1. The Morgan fingerprint density at radius 3 is 2.45 bits per heavy atom. The smallest absolute Gasteiger partial charge is 0.335 e. The Bertz CT molecular complexity index is 641. The number of hydrogen-bond donors (Lipinski definition) is 1. The van der Waals surface area contributed by atoms with Crippen molar-refractivity contribution in [2.75, 3.05) is 0 Å². The maximum absolute atomic E-state index is 13.6. The van der Waals surface area contributed by atoms with Gasteiger partial charge in [0.15, 0.2) is 17.4 Å². The Kier molecular flexibility index (Phi) is 4.29. The van der Waals surface area contributed by atoms with Gasteiger partial charge >= 0.3 is 5.97 Å². The molecule has 7 heteroatoms. The summed E-state index contributed by atoms with van der Waals surface area (Å²) in [5.74, 6) is -4.16. The van der Waals surface area contributed by atoms with Crippen molar-refractivity contribution in [2.24, 2.45) is 0 Å². The number of hydrogen-bond acceptors (Lipinski definition) is 3. The Hall–Kier alpha value is -2.02. The van der Waals surface area contributed by atoms with E-state index in [0.29, 0.717) is 22.2 Å². The Morgan fingerprint density at radius 2 is 1.90 bits per heavy atom. The van der Waals surface area contributed by atoms with E-state index in [0.717, 1.165) is 0 Å². The Morgan fingerprint density at radius 1 is 1.25 bits per heavy atom. The summed E-state index contributed by atoms with van der Waals surface area (Å²) in [5, 5.41) is 8.68. The van der Waals surface area contributed by atoms with Crippen molar-refractivity contribution in [2.45, 2.75) is 6.61 Å². The van der Waals surface area contributed by atoms with Gasteiger partial charge in [-0.25, -0.2) is 13.6 Å². The summed E-state index contributed by atoms with van der Waals surface area (Å²) in [6, 6.07) is 3.11. The number of carboxylic acids is 1. The summed E-state index contributed by atoms with van der Waals surface area (Å²) >= 11 is 3.21. The van der Waals surface area contributed by atoms with Gasteiger partial charge in [0, 0.05) is 22.4 Å². The van der Waals surface area contributed by atoms with E-state index in [-0.39, 0.29) is 6.61 Å². The maximum Gasteiger partial charge on any atom is 0.335 e. The summed E-state index contributed by atoms with van der Waals surface area (Å²) in [4.78, 5) is 14.5. The molecule has 0 amide bonds. The molecule has 1 N–H and O–H groups in total. The molecule has 1 aromatic carbocycles. The lowest BCUT2D eigenvalue weighted by Crippen LogP contribution is -2.04. The third kappa shape index (κ3) is 3.30. The van der Waals surface area contributed by atoms with Crippen LogP contribution in [-0.2, 0) is 6.61 Å². The second-order valence-electron chi connectivity index (χ2n) is 3.87. The molecule has 0 radical (unpaired) electrons. The zero-order valence-electron chi connectivity index (χ0n) is 9.94. The molecule has 0 saturated carbocycles. The van der Waals surface area contributed by atoms with Gasteiger partial charge in [0.25, 0.3) is 0 Å². The third-order valence-corrected chi connectivity index (χ3v) is 2.82. The molecule has 0 aliphatic carbocycles. The summed E-state index contributed by atoms with van der Waals surface area (Å²) in [6.45, 7) is -0.0906. The number of nitrogens with zero attached hydrogens (tertiary/aromatic N) is 1. The van der Waals surface area contributed by atoms with Crippen LogP contribution >= 0.6 is 15.9 Å². The molecule has 0 saturated heterocycles. The number of benzene rings is 1. The van der Waals surface area contributed by atoms with E-state index in [1.807, 2.05) is 0 Å². The second-order valence-corrected chi connectivity index (χ2v) is 4.79. The normalized spacial score (nSPS) is 10.3. The molecule has 20 heavy (non-hydrogen) atoms. The number of aromatic nitrogens is 1. The number of aromatic carboxylic acids is 1. The molecule has 0 bridgehead atoms. The fourth-order valence-electron chi connectivity index (χ4n) is 1.51. The van der Waals surface area contributed by atoms with Crippen molar-refractivity contribution in [3.05, 3.63) is 57.8 Å². The van der Waals surface area contributed by atoms with Crippen LogP contribution in [-0.4, -0.2) is 16.1 Å². The van der Waals surface area contributed by atoms with E-state index in [9.17, 15) is 13.6 Å². The molecule has 0 unspecified atom stereocenters. The number of ether oxygens (including phenoxy) is 1. The average molecular weight is 344 g/mol. The average Bonchev–Trinajstić information content (AvgIpc) is 2.37. The largest absolute Gasteiger partial charge is 0.483 e. The van der Waals surface area contributed by atoms with Gasteiger partial charge in [0.2, 0.25) is 0 Å². The van der Waals surface area contributed by atoms with Gasteiger partial charge in [-0.15, -0.1) is 0 Å². The molecule has 104 valence electrons. The summed E-state index contributed by atoms with van der Waals surface area (Å²) in [6.07, 6.45) is 3.05. The first-order valence-corrected chi connectivity index (χ1v) is 6.21. The minimum atomic E-state index is -1.41. The van der Waals surface area contributed by atoms with Gasteiger partial charge in [0.05, 0.1) is 5.56 Å². The van der Waals surface area contributed by atoms with Crippen LogP contribution < -0.4 is 4.74 Å². The first kappa shape index (κ1) is 14.4. The van der Waals surface area contributed by atoms with Crippen LogP contribution in [0.2, 0.25) is 0 Å². The molecular weight excluding hydrogens is 336 g/mol. The predicted octanol–water partition coefficient (Wildman–Crippen LogP) is 3.40. The van der Waals surface area contributed by atoms with Gasteiger partial charge < -0.3 is 9.84 Å². The number of pyridine rings is 1. The lowest BCUT2D eigenvalue weighted by atomic mass is 10.2. The standard InChI is InChI=1S/C13H8BrF2NO3/c14-9-1-7(4-17-5-9)6-20-12-10(15)2-8(13(18)19)3-11(12)16/h1-5H,6H2,(H,18,19). The topological polar surface area (TPSA) is 59.4 Å². The van der Waals surface area contributed by atoms with Crippen molar-refractivity contribution in [3.63, 3.8) is 0 Å². The number of halogens is 3. The fraction of sp³-hybridized carbons (Fsp3) is 0.0769. The monoisotopic (exact) mass is 343 g/mol. The SMILES string of the molecule is O=C(O)c1cc(F)c(OCc2cncc(Br)c2)c(F)c1.